The van der Waals surface area contributed by atoms with E-state index in [4.69, 9.17) is 4.74 Å². The van der Waals surface area contributed by atoms with Crippen LogP contribution in [0.25, 0.3) is 0 Å². The molecule has 1 aliphatic heterocycles. The van der Waals surface area contributed by atoms with E-state index in [1.165, 1.54) is 0 Å². The normalized spacial score (nSPS) is 19.7. The summed E-state index contributed by atoms with van der Waals surface area (Å²) in [5, 5.41) is 3.44. The number of carbonyl (C=O) groups is 1. The van der Waals surface area contributed by atoms with E-state index in [0.717, 1.165) is 12.2 Å². The van der Waals surface area contributed by atoms with Crippen molar-refractivity contribution in [3.63, 3.8) is 0 Å². The number of amides is 1. The van der Waals surface area contributed by atoms with Crippen LogP contribution < -0.4 is 5.32 Å². The third kappa shape index (κ3) is 6.38. The lowest BCUT2D eigenvalue weighted by atomic mass is 10.1. The van der Waals surface area contributed by atoms with Gasteiger partial charge in [-0.05, 0) is 34.1 Å². The minimum absolute atomic E-state index is 0.243. The first-order chi connectivity index (χ1) is 8.67. The van der Waals surface area contributed by atoms with Crippen LogP contribution in [-0.2, 0) is 15.5 Å². The van der Waals surface area contributed by atoms with Crippen LogP contribution in [0.1, 0.15) is 34.1 Å². The van der Waals surface area contributed by atoms with E-state index in [1.54, 1.807) is 11.2 Å². The summed E-state index contributed by atoms with van der Waals surface area (Å²) in [5.41, 5.74) is -0.436. The van der Waals surface area contributed by atoms with Gasteiger partial charge >= 0.3 is 6.09 Å². The van der Waals surface area contributed by atoms with Crippen molar-refractivity contribution < 1.29 is 13.7 Å². The Balaban J connectivity index is 2.19. The highest BCUT2D eigenvalue weighted by Crippen LogP contribution is 2.15. The molecule has 0 spiro atoms. The summed E-state index contributed by atoms with van der Waals surface area (Å²) in [4.78, 5) is 13.4. The van der Waals surface area contributed by atoms with Crippen molar-refractivity contribution in [1.29, 1.82) is 0 Å². The molecule has 0 radical (unpaired) electrons. The fraction of sp³-hybridized carbons (Fsp3) is 0.923. The quantitative estimate of drug-likeness (QED) is 0.830. The lowest BCUT2D eigenvalue weighted by molar-refractivity contribution is 0.00433. The molecule has 0 aliphatic carbocycles. The lowest BCUT2D eigenvalue weighted by Gasteiger charge is -2.41. The lowest BCUT2D eigenvalue weighted by Crippen LogP contribution is -2.62. The molecular formula is C13H26N2O3S. The minimum atomic E-state index is -0.735. The summed E-state index contributed by atoms with van der Waals surface area (Å²) in [6, 6.07) is 0.655. The van der Waals surface area contributed by atoms with Crippen LogP contribution >= 0.6 is 0 Å². The second-order valence-corrected chi connectivity index (χ2v) is 7.77. The number of nitrogens with zero attached hydrogens (tertiary/aromatic N) is 1. The second-order valence-electron chi connectivity index (χ2n) is 6.22. The van der Waals surface area contributed by atoms with E-state index in [9.17, 15) is 9.00 Å². The Morgan fingerprint density at radius 2 is 2.05 bits per heavy atom. The second kappa shape index (κ2) is 6.70. The molecule has 1 rings (SSSR count). The Morgan fingerprint density at radius 1 is 1.47 bits per heavy atom. The molecule has 1 saturated heterocycles. The van der Waals surface area contributed by atoms with E-state index in [0.29, 0.717) is 25.2 Å². The topological polar surface area (TPSA) is 58.6 Å². The molecule has 19 heavy (non-hydrogen) atoms. The predicted molar refractivity (Wildman–Crippen MR) is 77.7 cm³/mol. The van der Waals surface area contributed by atoms with Crippen LogP contribution in [-0.4, -0.2) is 58.0 Å². The Morgan fingerprint density at radius 3 is 2.53 bits per heavy atom. The standard InChI is InChI=1S/C13H26N2O3S/c1-10(6-7-19(5)17)14-11-8-15(9-11)12(16)18-13(2,3)4/h10-11,14H,6-9H2,1-5H3. The first-order valence-electron chi connectivity index (χ1n) is 6.71. The molecule has 112 valence electrons. The Hall–Kier alpha value is -0.620. The van der Waals surface area contributed by atoms with Crippen molar-refractivity contribution in [2.45, 2.75) is 51.8 Å². The average Bonchev–Trinajstić information content (AvgIpc) is 2.16. The molecule has 1 aliphatic rings. The van der Waals surface area contributed by atoms with E-state index in [1.807, 2.05) is 20.8 Å². The highest BCUT2D eigenvalue weighted by Gasteiger charge is 2.33. The maximum atomic E-state index is 11.7. The molecule has 6 heteroatoms. The summed E-state index contributed by atoms with van der Waals surface area (Å²) in [5.74, 6) is 0.719. The molecule has 2 unspecified atom stereocenters. The molecule has 5 nitrogen and oxygen atoms in total. The van der Waals surface area contributed by atoms with Gasteiger partial charge in [0.2, 0.25) is 0 Å². The number of rotatable bonds is 5. The Labute approximate surface area is 118 Å². The zero-order chi connectivity index (χ0) is 14.6. The molecule has 0 aromatic heterocycles. The Kier molecular flexibility index (Phi) is 5.80. The number of hydrogen-bond acceptors (Lipinski definition) is 4. The summed E-state index contributed by atoms with van der Waals surface area (Å²) in [6.45, 7) is 9.07. The van der Waals surface area contributed by atoms with Crippen molar-refractivity contribution in [2.24, 2.45) is 0 Å². The van der Waals surface area contributed by atoms with Crippen molar-refractivity contribution in [1.82, 2.24) is 10.2 Å². The number of hydrogen-bond donors (Lipinski definition) is 1. The number of likely N-dealkylation sites (tertiary alicyclic amines) is 1. The summed E-state index contributed by atoms with van der Waals surface area (Å²) in [6.07, 6.45) is 2.37. The Bertz CT molecular complexity index is 335. The minimum Gasteiger partial charge on any atom is -0.444 e. The highest BCUT2D eigenvalue weighted by atomic mass is 32.2. The molecule has 1 amide bonds. The van der Waals surface area contributed by atoms with E-state index < -0.39 is 16.4 Å². The van der Waals surface area contributed by atoms with Gasteiger partial charge in [0.1, 0.15) is 5.60 Å². The molecule has 0 aromatic rings. The van der Waals surface area contributed by atoms with Gasteiger partial charge < -0.3 is 15.0 Å². The first kappa shape index (κ1) is 16.4. The molecule has 1 fully saturated rings. The molecule has 0 aromatic carbocycles. The van der Waals surface area contributed by atoms with Crippen LogP contribution in [0, 0.1) is 0 Å². The highest BCUT2D eigenvalue weighted by molar-refractivity contribution is 7.84. The monoisotopic (exact) mass is 290 g/mol. The van der Waals surface area contributed by atoms with Crippen LogP contribution in [0.5, 0.6) is 0 Å². The smallest absolute Gasteiger partial charge is 0.410 e. The largest absolute Gasteiger partial charge is 0.444 e. The van der Waals surface area contributed by atoms with Crippen molar-refractivity contribution in [3.8, 4) is 0 Å². The van der Waals surface area contributed by atoms with E-state index in [2.05, 4.69) is 12.2 Å². The number of carbonyl (C=O) groups excluding carboxylic acids is 1. The van der Waals surface area contributed by atoms with Crippen LogP contribution in [0.15, 0.2) is 0 Å². The van der Waals surface area contributed by atoms with Gasteiger partial charge in [0, 0.05) is 48.0 Å². The van der Waals surface area contributed by atoms with Crippen molar-refractivity contribution in [3.05, 3.63) is 0 Å². The van der Waals surface area contributed by atoms with Gasteiger partial charge in [0.15, 0.2) is 0 Å². The molecule has 1 heterocycles. The third-order valence-corrected chi connectivity index (χ3v) is 3.70. The molecule has 0 bridgehead atoms. The predicted octanol–water partition coefficient (Wildman–Crippen LogP) is 1.35. The van der Waals surface area contributed by atoms with E-state index in [-0.39, 0.29) is 6.09 Å². The van der Waals surface area contributed by atoms with Crippen LogP contribution in [0.4, 0.5) is 4.79 Å². The summed E-state index contributed by atoms with van der Waals surface area (Å²) < 4.78 is 16.3. The van der Waals surface area contributed by atoms with Crippen molar-refractivity contribution >= 4 is 16.9 Å². The van der Waals surface area contributed by atoms with Gasteiger partial charge in [-0.2, -0.15) is 0 Å². The molecule has 1 N–H and O–H groups in total. The van der Waals surface area contributed by atoms with Gasteiger partial charge in [-0.1, -0.05) is 0 Å². The van der Waals surface area contributed by atoms with Gasteiger partial charge in [-0.25, -0.2) is 4.79 Å². The maximum absolute atomic E-state index is 11.7. The van der Waals surface area contributed by atoms with Crippen LogP contribution in [0.3, 0.4) is 0 Å². The zero-order valence-corrected chi connectivity index (χ0v) is 13.4. The van der Waals surface area contributed by atoms with Gasteiger partial charge in [-0.15, -0.1) is 0 Å². The number of ether oxygens (including phenoxy) is 1. The zero-order valence-electron chi connectivity index (χ0n) is 12.6. The van der Waals surface area contributed by atoms with Gasteiger partial charge in [0.25, 0.3) is 0 Å². The SMILES string of the molecule is CC(CCS(C)=O)NC1CN(C(=O)OC(C)(C)C)C1. The average molecular weight is 290 g/mol. The molecule has 0 saturated carbocycles. The fourth-order valence-electron chi connectivity index (χ4n) is 1.89. The molecule has 2 atom stereocenters. The van der Waals surface area contributed by atoms with Crippen molar-refractivity contribution in [2.75, 3.05) is 25.1 Å². The first-order valence-corrected chi connectivity index (χ1v) is 8.44. The van der Waals surface area contributed by atoms with Crippen LogP contribution in [0.2, 0.25) is 0 Å². The van der Waals surface area contributed by atoms with E-state index >= 15 is 0 Å². The van der Waals surface area contributed by atoms with Gasteiger partial charge in [0.05, 0.1) is 0 Å². The maximum Gasteiger partial charge on any atom is 0.410 e. The fourth-order valence-corrected chi connectivity index (χ4v) is 2.57. The number of nitrogens with one attached hydrogen (secondary N) is 1. The summed E-state index contributed by atoms with van der Waals surface area (Å²) >= 11 is 0. The van der Waals surface area contributed by atoms with Gasteiger partial charge in [-0.3, -0.25) is 4.21 Å². The molecular weight excluding hydrogens is 264 g/mol. The summed E-state index contributed by atoms with van der Waals surface area (Å²) in [7, 11) is -0.735. The third-order valence-electron chi connectivity index (χ3n) is 2.89.